The molecule has 0 aliphatic carbocycles. The Morgan fingerprint density at radius 1 is 1.05 bits per heavy atom. The van der Waals surface area contributed by atoms with Gasteiger partial charge in [0.15, 0.2) is 0 Å². The van der Waals surface area contributed by atoms with Crippen LogP contribution in [0, 0.1) is 6.92 Å². The zero-order valence-corrected chi connectivity index (χ0v) is 12.4. The Morgan fingerprint density at radius 3 is 2.37 bits per heavy atom. The molecule has 0 atom stereocenters. The average Bonchev–Trinajstić information content (AvgIpc) is 2.39. The van der Waals surface area contributed by atoms with Crippen molar-refractivity contribution in [1.29, 1.82) is 0 Å². The lowest BCUT2D eigenvalue weighted by molar-refractivity contribution is 0.601. The van der Waals surface area contributed by atoms with E-state index in [-0.39, 0.29) is 4.90 Å². The van der Waals surface area contributed by atoms with Gasteiger partial charge in [0.2, 0.25) is 0 Å². The second-order valence-electron chi connectivity index (χ2n) is 4.15. The summed E-state index contributed by atoms with van der Waals surface area (Å²) in [5.41, 5.74) is 1.61. The molecule has 2 aromatic rings. The zero-order valence-electron chi connectivity index (χ0n) is 10.8. The molecule has 0 aromatic heterocycles. The molecule has 0 aliphatic heterocycles. The Balaban J connectivity index is 2.28. The third kappa shape index (κ3) is 3.52. The predicted molar refractivity (Wildman–Crippen MR) is 80.2 cm³/mol. The van der Waals surface area contributed by atoms with Crippen LogP contribution in [0.15, 0.2) is 58.3 Å². The summed E-state index contributed by atoms with van der Waals surface area (Å²) >= 11 is 1.57. The molecule has 19 heavy (non-hydrogen) atoms. The van der Waals surface area contributed by atoms with Gasteiger partial charge in [0.25, 0.3) is 10.0 Å². The quantitative estimate of drug-likeness (QED) is 0.877. The maximum Gasteiger partial charge on any atom is 0.261 e. The van der Waals surface area contributed by atoms with Gasteiger partial charge in [-0.15, -0.1) is 11.8 Å². The molecule has 0 fully saturated rings. The highest BCUT2D eigenvalue weighted by Crippen LogP contribution is 2.21. The number of sulfonamides is 1. The van der Waals surface area contributed by atoms with Crippen LogP contribution in [-0.2, 0) is 10.0 Å². The minimum atomic E-state index is -3.51. The highest BCUT2D eigenvalue weighted by molar-refractivity contribution is 7.98. The first kappa shape index (κ1) is 14.0. The number of benzene rings is 2. The third-order valence-electron chi connectivity index (χ3n) is 2.65. The summed E-state index contributed by atoms with van der Waals surface area (Å²) in [4.78, 5) is 1.29. The number of hydrogen-bond acceptors (Lipinski definition) is 3. The van der Waals surface area contributed by atoms with Crippen LogP contribution in [0.25, 0.3) is 0 Å². The Bertz CT molecular complexity index is 664. The molecule has 0 bridgehead atoms. The lowest BCUT2D eigenvalue weighted by atomic mass is 10.2. The molecule has 100 valence electrons. The van der Waals surface area contributed by atoms with Gasteiger partial charge in [-0.3, -0.25) is 4.72 Å². The van der Waals surface area contributed by atoms with Gasteiger partial charge in [-0.25, -0.2) is 8.42 Å². The molecular weight excluding hydrogens is 278 g/mol. The number of hydrogen-bond donors (Lipinski definition) is 1. The molecule has 0 radical (unpaired) electrons. The average molecular weight is 293 g/mol. The van der Waals surface area contributed by atoms with Crippen molar-refractivity contribution in [1.82, 2.24) is 0 Å². The van der Waals surface area contributed by atoms with E-state index in [0.29, 0.717) is 5.69 Å². The number of anilines is 1. The van der Waals surface area contributed by atoms with Crippen LogP contribution in [0.5, 0.6) is 0 Å². The van der Waals surface area contributed by atoms with E-state index in [0.717, 1.165) is 10.5 Å². The van der Waals surface area contributed by atoms with Crippen molar-refractivity contribution in [3.63, 3.8) is 0 Å². The van der Waals surface area contributed by atoms with E-state index >= 15 is 0 Å². The summed E-state index contributed by atoms with van der Waals surface area (Å²) in [5.74, 6) is 0. The number of nitrogens with one attached hydrogen (secondary N) is 1. The highest BCUT2D eigenvalue weighted by Gasteiger charge is 2.13. The van der Waals surface area contributed by atoms with E-state index < -0.39 is 10.0 Å². The summed E-state index contributed by atoms with van der Waals surface area (Å²) in [6.45, 7) is 1.92. The second kappa shape index (κ2) is 5.67. The fourth-order valence-electron chi connectivity index (χ4n) is 1.62. The van der Waals surface area contributed by atoms with Gasteiger partial charge in [-0.05, 0) is 43.5 Å². The van der Waals surface area contributed by atoms with Crippen molar-refractivity contribution in [2.45, 2.75) is 16.7 Å². The number of rotatable bonds is 4. The minimum absolute atomic E-state index is 0.271. The summed E-state index contributed by atoms with van der Waals surface area (Å²) in [6, 6.07) is 14.1. The number of thioether (sulfide) groups is 1. The second-order valence-corrected chi connectivity index (χ2v) is 6.71. The monoisotopic (exact) mass is 293 g/mol. The summed E-state index contributed by atoms with van der Waals surface area (Å²) in [6.07, 6.45) is 1.95. The SMILES string of the molecule is CSc1cccc(NS(=O)(=O)c2ccc(C)cc2)c1. The highest BCUT2D eigenvalue weighted by atomic mass is 32.2. The standard InChI is InChI=1S/C14H15NO2S2/c1-11-6-8-14(9-7-11)19(16,17)15-12-4-3-5-13(10-12)18-2/h3-10,15H,1-2H3. The molecule has 5 heteroatoms. The summed E-state index contributed by atoms with van der Waals surface area (Å²) < 4.78 is 27.0. The van der Waals surface area contributed by atoms with Crippen LogP contribution in [0.4, 0.5) is 5.69 Å². The van der Waals surface area contributed by atoms with Crippen LogP contribution in [-0.4, -0.2) is 14.7 Å². The van der Waals surface area contributed by atoms with E-state index in [1.54, 1.807) is 42.1 Å². The third-order valence-corrected chi connectivity index (χ3v) is 4.78. The Kier molecular flexibility index (Phi) is 4.17. The van der Waals surface area contributed by atoms with Gasteiger partial charge in [0.1, 0.15) is 0 Å². The molecule has 2 rings (SSSR count). The van der Waals surface area contributed by atoms with Gasteiger partial charge < -0.3 is 0 Å². The lowest BCUT2D eigenvalue weighted by Gasteiger charge is -2.09. The van der Waals surface area contributed by atoms with Crippen LogP contribution < -0.4 is 4.72 Å². The maximum absolute atomic E-state index is 12.2. The predicted octanol–water partition coefficient (Wildman–Crippen LogP) is 3.52. The van der Waals surface area contributed by atoms with E-state index in [2.05, 4.69) is 4.72 Å². The molecule has 0 aliphatic rings. The molecule has 3 nitrogen and oxygen atoms in total. The fraction of sp³-hybridized carbons (Fsp3) is 0.143. The van der Waals surface area contributed by atoms with Crippen LogP contribution in [0.3, 0.4) is 0 Å². The van der Waals surface area contributed by atoms with Crippen LogP contribution in [0.2, 0.25) is 0 Å². The molecule has 1 N–H and O–H groups in total. The van der Waals surface area contributed by atoms with Crippen LogP contribution in [0.1, 0.15) is 5.56 Å². The molecule has 0 heterocycles. The minimum Gasteiger partial charge on any atom is -0.280 e. The van der Waals surface area contributed by atoms with Gasteiger partial charge in [-0.2, -0.15) is 0 Å². The van der Waals surface area contributed by atoms with Gasteiger partial charge in [-0.1, -0.05) is 23.8 Å². The Morgan fingerprint density at radius 2 is 1.74 bits per heavy atom. The van der Waals surface area contributed by atoms with E-state index in [9.17, 15) is 8.42 Å². The molecule has 0 spiro atoms. The Labute approximate surface area is 118 Å². The first-order valence-electron chi connectivity index (χ1n) is 5.75. The Hall–Kier alpha value is -1.46. The van der Waals surface area contributed by atoms with Crippen molar-refractivity contribution < 1.29 is 8.42 Å². The lowest BCUT2D eigenvalue weighted by Crippen LogP contribution is -2.12. The topological polar surface area (TPSA) is 46.2 Å². The molecule has 0 saturated heterocycles. The van der Waals surface area contributed by atoms with Crippen molar-refractivity contribution >= 4 is 27.5 Å². The maximum atomic E-state index is 12.2. The van der Waals surface area contributed by atoms with Gasteiger partial charge in [0.05, 0.1) is 4.90 Å². The summed E-state index contributed by atoms with van der Waals surface area (Å²) in [5, 5.41) is 0. The largest absolute Gasteiger partial charge is 0.280 e. The molecular formula is C14H15NO2S2. The van der Waals surface area contributed by atoms with Crippen molar-refractivity contribution in [3.05, 3.63) is 54.1 Å². The van der Waals surface area contributed by atoms with Crippen molar-refractivity contribution in [2.24, 2.45) is 0 Å². The number of aryl methyl sites for hydroxylation is 1. The van der Waals surface area contributed by atoms with Gasteiger partial charge in [0, 0.05) is 10.6 Å². The van der Waals surface area contributed by atoms with E-state index in [4.69, 9.17) is 0 Å². The smallest absolute Gasteiger partial charge is 0.261 e. The van der Waals surface area contributed by atoms with Gasteiger partial charge >= 0.3 is 0 Å². The van der Waals surface area contributed by atoms with Crippen LogP contribution >= 0.6 is 11.8 Å². The molecule has 0 amide bonds. The first-order valence-corrected chi connectivity index (χ1v) is 8.45. The first-order chi connectivity index (χ1) is 9.01. The normalized spacial score (nSPS) is 11.3. The molecule has 0 unspecified atom stereocenters. The van der Waals surface area contributed by atoms with E-state index in [1.807, 2.05) is 31.4 Å². The van der Waals surface area contributed by atoms with E-state index in [1.165, 1.54) is 0 Å². The fourth-order valence-corrected chi connectivity index (χ4v) is 3.13. The zero-order chi connectivity index (χ0) is 13.9. The molecule has 0 saturated carbocycles. The molecule has 2 aromatic carbocycles. The van der Waals surface area contributed by atoms with Crippen molar-refractivity contribution in [3.8, 4) is 0 Å². The van der Waals surface area contributed by atoms with Crippen molar-refractivity contribution in [2.75, 3.05) is 11.0 Å². The summed E-state index contributed by atoms with van der Waals surface area (Å²) in [7, 11) is -3.51.